The fourth-order valence-corrected chi connectivity index (χ4v) is 3.16. The SMILES string of the molecule is COc1ccc(CCNC(C)=O)cc1NC(=O)/C(=N\Nc1ccc([N+](=O)[O-])c([N+](=O)[O-])c1OC)C(C)=O. The highest BCUT2D eigenvalue weighted by Gasteiger charge is 2.32. The number of Topliss-reactive ketones (excluding diaryl/α,β-unsaturated/α-hetero) is 1. The monoisotopic (exact) mass is 516 g/mol. The van der Waals surface area contributed by atoms with Crippen molar-refractivity contribution in [2.24, 2.45) is 5.10 Å². The molecule has 2 rings (SSSR count). The number of amides is 2. The van der Waals surface area contributed by atoms with E-state index in [1.54, 1.807) is 18.2 Å². The lowest BCUT2D eigenvalue weighted by molar-refractivity contribution is -0.423. The molecule has 0 saturated heterocycles. The van der Waals surface area contributed by atoms with Gasteiger partial charge in [0.1, 0.15) is 11.4 Å². The number of hydrogen-bond donors (Lipinski definition) is 3. The molecular formula is C22H24N6O9. The molecule has 0 atom stereocenters. The Hall–Kier alpha value is -5.08. The molecule has 15 nitrogen and oxygen atoms in total. The largest absolute Gasteiger partial charge is 0.495 e. The molecule has 0 fully saturated rings. The van der Waals surface area contributed by atoms with E-state index in [2.05, 4.69) is 21.2 Å². The van der Waals surface area contributed by atoms with Crippen molar-refractivity contribution in [3.63, 3.8) is 0 Å². The number of hydrogen-bond acceptors (Lipinski definition) is 11. The first kappa shape index (κ1) is 28.2. The summed E-state index contributed by atoms with van der Waals surface area (Å²) in [6.07, 6.45) is 0.459. The van der Waals surface area contributed by atoms with Crippen molar-refractivity contribution >= 4 is 46.1 Å². The second-order valence-electron chi connectivity index (χ2n) is 7.38. The summed E-state index contributed by atoms with van der Waals surface area (Å²) in [4.78, 5) is 56.8. The topological polar surface area (TPSA) is 204 Å². The van der Waals surface area contributed by atoms with Crippen LogP contribution in [-0.2, 0) is 20.8 Å². The maximum Gasteiger partial charge on any atom is 0.389 e. The minimum absolute atomic E-state index is 0.188. The zero-order valence-corrected chi connectivity index (χ0v) is 20.3. The number of nitrogens with zero attached hydrogens (tertiary/aromatic N) is 3. The van der Waals surface area contributed by atoms with Gasteiger partial charge in [0, 0.05) is 26.5 Å². The van der Waals surface area contributed by atoms with E-state index in [0.717, 1.165) is 31.7 Å². The van der Waals surface area contributed by atoms with Crippen LogP contribution in [0.4, 0.5) is 22.7 Å². The Morgan fingerprint density at radius 3 is 2.22 bits per heavy atom. The lowest BCUT2D eigenvalue weighted by Crippen LogP contribution is -2.29. The van der Waals surface area contributed by atoms with Crippen molar-refractivity contribution in [2.45, 2.75) is 20.3 Å². The maximum atomic E-state index is 12.9. The summed E-state index contributed by atoms with van der Waals surface area (Å²) in [6, 6.07) is 6.90. The molecule has 15 heteroatoms. The molecule has 37 heavy (non-hydrogen) atoms. The predicted molar refractivity (Wildman–Crippen MR) is 132 cm³/mol. The number of benzene rings is 2. The predicted octanol–water partition coefficient (Wildman–Crippen LogP) is 2.19. The Kier molecular flexibility index (Phi) is 9.57. The maximum absolute atomic E-state index is 12.9. The molecule has 0 aromatic heterocycles. The number of carbonyl (C=O) groups excluding carboxylic acids is 3. The number of ether oxygens (including phenoxy) is 2. The van der Waals surface area contributed by atoms with Crippen LogP contribution in [0.25, 0.3) is 0 Å². The van der Waals surface area contributed by atoms with Crippen LogP contribution >= 0.6 is 0 Å². The van der Waals surface area contributed by atoms with Crippen molar-refractivity contribution in [2.75, 3.05) is 31.5 Å². The first-order valence-corrected chi connectivity index (χ1v) is 10.6. The molecule has 0 spiro atoms. The Morgan fingerprint density at radius 2 is 1.68 bits per heavy atom. The molecule has 0 aliphatic rings. The lowest BCUT2D eigenvalue weighted by atomic mass is 10.1. The average molecular weight is 516 g/mol. The molecule has 196 valence electrons. The van der Waals surface area contributed by atoms with Gasteiger partial charge in [-0.15, -0.1) is 0 Å². The molecule has 0 saturated carbocycles. The number of anilines is 2. The van der Waals surface area contributed by atoms with Crippen LogP contribution in [0.3, 0.4) is 0 Å². The van der Waals surface area contributed by atoms with E-state index in [0.29, 0.717) is 18.7 Å². The fraction of sp³-hybridized carbons (Fsp3) is 0.273. The molecule has 0 radical (unpaired) electrons. The molecular weight excluding hydrogens is 492 g/mol. The van der Waals surface area contributed by atoms with Crippen LogP contribution in [0.5, 0.6) is 11.5 Å². The van der Waals surface area contributed by atoms with Gasteiger partial charge in [0.25, 0.3) is 5.91 Å². The van der Waals surface area contributed by atoms with Crippen molar-refractivity contribution in [1.29, 1.82) is 0 Å². The average Bonchev–Trinajstić information content (AvgIpc) is 2.83. The van der Waals surface area contributed by atoms with Crippen LogP contribution in [0, 0.1) is 20.2 Å². The highest BCUT2D eigenvalue weighted by Crippen LogP contribution is 2.42. The van der Waals surface area contributed by atoms with Gasteiger partial charge < -0.3 is 20.1 Å². The first-order chi connectivity index (χ1) is 17.5. The zero-order valence-electron chi connectivity index (χ0n) is 20.3. The van der Waals surface area contributed by atoms with Gasteiger partial charge in [-0.2, -0.15) is 5.10 Å². The van der Waals surface area contributed by atoms with E-state index in [1.165, 1.54) is 14.0 Å². The van der Waals surface area contributed by atoms with Crippen LogP contribution in [0.15, 0.2) is 35.4 Å². The standard InChI is InChI=1S/C22H24N6O9/c1-12(29)19(26-25-15-6-7-17(27(32)33)20(28(34)35)21(15)37-4)22(31)24-16-11-14(5-8-18(16)36-3)9-10-23-13(2)30/h5-8,11,25H,9-10H2,1-4H3,(H,23,30)(H,24,31)/b26-19-. The van der Waals surface area contributed by atoms with Crippen LogP contribution in [0.2, 0.25) is 0 Å². The summed E-state index contributed by atoms with van der Waals surface area (Å²) in [5.74, 6) is -2.08. The molecule has 0 bridgehead atoms. The Labute approximate surface area is 210 Å². The summed E-state index contributed by atoms with van der Waals surface area (Å²) < 4.78 is 10.2. The number of rotatable bonds is 12. The van der Waals surface area contributed by atoms with E-state index < -0.39 is 44.4 Å². The summed E-state index contributed by atoms with van der Waals surface area (Å²) in [6.45, 7) is 2.83. The minimum Gasteiger partial charge on any atom is -0.495 e. The zero-order chi connectivity index (χ0) is 27.7. The lowest BCUT2D eigenvalue weighted by Gasteiger charge is -2.13. The van der Waals surface area contributed by atoms with Gasteiger partial charge in [-0.3, -0.25) is 40.0 Å². The summed E-state index contributed by atoms with van der Waals surface area (Å²) >= 11 is 0. The van der Waals surface area contributed by atoms with Crippen LogP contribution in [0.1, 0.15) is 19.4 Å². The van der Waals surface area contributed by atoms with Gasteiger partial charge >= 0.3 is 11.4 Å². The van der Waals surface area contributed by atoms with Crippen LogP contribution in [-0.4, -0.2) is 53.9 Å². The van der Waals surface area contributed by atoms with E-state index >= 15 is 0 Å². The summed E-state index contributed by atoms with van der Waals surface area (Å²) in [5, 5.41) is 31.5. The highest BCUT2D eigenvalue weighted by atomic mass is 16.6. The molecule has 2 aromatic rings. The third-order valence-corrected chi connectivity index (χ3v) is 4.83. The van der Waals surface area contributed by atoms with E-state index in [9.17, 15) is 34.6 Å². The number of hydrazone groups is 1. The van der Waals surface area contributed by atoms with E-state index in [1.807, 2.05) is 0 Å². The van der Waals surface area contributed by atoms with Crippen molar-refractivity contribution in [1.82, 2.24) is 5.32 Å². The molecule has 2 amide bonds. The molecule has 2 aromatic carbocycles. The number of methoxy groups -OCH3 is 2. The fourth-order valence-electron chi connectivity index (χ4n) is 3.16. The van der Waals surface area contributed by atoms with Gasteiger partial charge in [0.05, 0.1) is 29.8 Å². The number of carbonyl (C=O) groups is 3. The van der Waals surface area contributed by atoms with Gasteiger partial charge in [0.15, 0.2) is 11.5 Å². The van der Waals surface area contributed by atoms with Gasteiger partial charge in [-0.1, -0.05) is 6.07 Å². The molecule has 0 aliphatic heterocycles. The minimum atomic E-state index is -0.990. The summed E-state index contributed by atoms with van der Waals surface area (Å²) in [7, 11) is 2.45. The number of ketones is 1. The van der Waals surface area contributed by atoms with E-state index in [-0.39, 0.29) is 17.3 Å². The number of nitrogens with one attached hydrogen (secondary N) is 3. The van der Waals surface area contributed by atoms with Gasteiger partial charge in [0.2, 0.25) is 11.7 Å². The number of nitro groups is 2. The third-order valence-electron chi connectivity index (χ3n) is 4.83. The normalized spacial score (nSPS) is 10.8. The highest BCUT2D eigenvalue weighted by molar-refractivity contribution is 6.67. The quantitative estimate of drug-likeness (QED) is 0.162. The second-order valence-corrected chi connectivity index (χ2v) is 7.38. The smallest absolute Gasteiger partial charge is 0.389 e. The molecule has 0 aliphatic carbocycles. The molecule has 3 N–H and O–H groups in total. The van der Waals surface area contributed by atoms with Gasteiger partial charge in [-0.05, 0) is 30.2 Å². The summed E-state index contributed by atoms with van der Waals surface area (Å²) in [5.41, 5.74) is 0.783. The second kappa shape index (κ2) is 12.6. The van der Waals surface area contributed by atoms with Crippen molar-refractivity contribution in [3.8, 4) is 11.5 Å². The van der Waals surface area contributed by atoms with Crippen LogP contribution < -0.4 is 25.5 Å². The Balaban J connectivity index is 2.36. The van der Waals surface area contributed by atoms with Crippen molar-refractivity contribution in [3.05, 3.63) is 56.1 Å². The Morgan fingerprint density at radius 1 is 0.973 bits per heavy atom. The van der Waals surface area contributed by atoms with Gasteiger partial charge in [-0.25, -0.2) is 0 Å². The third kappa shape index (κ3) is 7.20. The first-order valence-electron chi connectivity index (χ1n) is 10.6. The number of nitro benzene ring substituents is 2. The Bertz CT molecular complexity index is 1280. The molecule has 0 unspecified atom stereocenters. The van der Waals surface area contributed by atoms with E-state index in [4.69, 9.17) is 9.47 Å². The molecule has 0 heterocycles. The van der Waals surface area contributed by atoms with Crippen molar-refractivity contribution < 1.29 is 33.7 Å².